The van der Waals surface area contributed by atoms with Crippen molar-refractivity contribution in [1.29, 1.82) is 0 Å². The first-order valence-electron chi connectivity index (χ1n) is 10.8. The second-order valence-corrected chi connectivity index (χ2v) is 7.72. The highest BCUT2D eigenvalue weighted by Gasteiger charge is 2.21. The van der Waals surface area contributed by atoms with Crippen LogP contribution < -0.4 is 0 Å². The number of hydrogen-bond acceptors (Lipinski definition) is 5. The van der Waals surface area contributed by atoms with Gasteiger partial charge in [-0.15, -0.1) is 0 Å². The topological polar surface area (TPSA) is 59.0 Å². The van der Waals surface area contributed by atoms with Gasteiger partial charge < -0.3 is 19.5 Å². The number of aryl methyl sites for hydroxylation is 1. The van der Waals surface area contributed by atoms with Gasteiger partial charge in [0, 0.05) is 13.0 Å². The number of ether oxygens (including phenoxy) is 2. The molecule has 0 spiro atoms. The summed E-state index contributed by atoms with van der Waals surface area (Å²) in [6, 6.07) is 6.22. The summed E-state index contributed by atoms with van der Waals surface area (Å²) >= 11 is 0. The third-order valence-electron chi connectivity index (χ3n) is 5.39. The van der Waals surface area contributed by atoms with E-state index in [0.29, 0.717) is 32.6 Å². The highest BCUT2D eigenvalue weighted by Crippen LogP contribution is 2.29. The van der Waals surface area contributed by atoms with Gasteiger partial charge in [-0.25, -0.2) is 0 Å². The molecule has 1 heterocycles. The smallest absolute Gasteiger partial charge is 0.306 e. The van der Waals surface area contributed by atoms with E-state index in [9.17, 15) is 9.90 Å². The Hall–Kier alpha value is -1.43. The zero-order valence-electron chi connectivity index (χ0n) is 17.8. The van der Waals surface area contributed by atoms with Crippen molar-refractivity contribution in [3.8, 4) is 0 Å². The number of aliphatic hydroxyl groups excluding tert-OH is 1. The van der Waals surface area contributed by atoms with E-state index in [4.69, 9.17) is 9.47 Å². The van der Waals surface area contributed by atoms with Crippen LogP contribution in [-0.4, -0.2) is 54.9 Å². The lowest BCUT2D eigenvalue weighted by atomic mass is 9.92. The van der Waals surface area contributed by atoms with Crippen LogP contribution in [0.5, 0.6) is 0 Å². The highest BCUT2D eigenvalue weighted by molar-refractivity contribution is 5.69. The van der Waals surface area contributed by atoms with Crippen LogP contribution in [0.1, 0.15) is 68.7 Å². The number of β-amino-alcohol motifs (C(OH)–C–C–N with tert-alkyl or cyclic N) is 1. The van der Waals surface area contributed by atoms with Crippen LogP contribution in [0.2, 0.25) is 0 Å². The molecule has 2 unspecified atom stereocenters. The van der Waals surface area contributed by atoms with Crippen LogP contribution >= 0.6 is 0 Å². The summed E-state index contributed by atoms with van der Waals surface area (Å²) in [5, 5.41) is 10.4. The number of rotatable bonds is 12. The first kappa shape index (κ1) is 22.9. The van der Waals surface area contributed by atoms with E-state index < -0.39 is 6.10 Å². The molecule has 0 saturated carbocycles. The van der Waals surface area contributed by atoms with Crippen molar-refractivity contribution in [3.05, 3.63) is 34.9 Å². The maximum absolute atomic E-state index is 11.8. The lowest BCUT2D eigenvalue weighted by Crippen LogP contribution is -2.33. The number of esters is 1. The van der Waals surface area contributed by atoms with E-state index in [-0.39, 0.29) is 12.1 Å². The molecule has 28 heavy (non-hydrogen) atoms. The number of carbonyl (C=O) groups is 1. The molecule has 1 N–H and O–H groups in total. The zero-order valence-corrected chi connectivity index (χ0v) is 17.8. The molecule has 5 heteroatoms. The van der Waals surface area contributed by atoms with Crippen LogP contribution in [0.25, 0.3) is 0 Å². The number of aliphatic hydroxyl groups is 1. The highest BCUT2D eigenvalue weighted by atomic mass is 16.5. The van der Waals surface area contributed by atoms with Crippen LogP contribution in [0.4, 0.5) is 0 Å². The molecule has 0 amide bonds. The van der Waals surface area contributed by atoms with Crippen molar-refractivity contribution >= 4 is 5.97 Å². The minimum atomic E-state index is -0.467. The number of nitrogens with zero attached hydrogens (tertiary/aromatic N) is 1. The number of benzene rings is 1. The average Bonchev–Trinajstić information content (AvgIpc) is 3.17. The largest absolute Gasteiger partial charge is 0.466 e. The third-order valence-corrected chi connectivity index (χ3v) is 5.39. The average molecular weight is 392 g/mol. The fraction of sp³-hybridized carbons (Fsp3) is 0.696. The predicted molar refractivity (Wildman–Crippen MR) is 111 cm³/mol. The lowest BCUT2D eigenvalue weighted by molar-refractivity contribution is -0.143. The van der Waals surface area contributed by atoms with Gasteiger partial charge in [0.1, 0.15) is 0 Å². The Kier molecular flexibility index (Phi) is 9.96. The first-order valence-corrected chi connectivity index (χ1v) is 10.8. The molecule has 2 rings (SSSR count). The predicted octanol–water partition coefficient (Wildman–Crippen LogP) is 3.81. The quantitative estimate of drug-likeness (QED) is 0.549. The minimum absolute atomic E-state index is 0.0599. The fourth-order valence-electron chi connectivity index (χ4n) is 3.96. The van der Waals surface area contributed by atoms with Crippen molar-refractivity contribution in [1.82, 2.24) is 4.90 Å². The Morgan fingerprint density at radius 1 is 1.25 bits per heavy atom. The van der Waals surface area contributed by atoms with E-state index in [1.807, 2.05) is 13.0 Å². The summed E-state index contributed by atoms with van der Waals surface area (Å²) in [4.78, 5) is 14.1. The molecule has 1 aromatic rings. The van der Waals surface area contributed by atoms with Gasteiger partial charge in [0.2, 0.25) is 0 Å². The Labute approximate surface area is 170 Å². The summed E-state index contributed by atoms with van der Waals surface area (Å²) in [7, 11) is 0. The van der Waals surface area contributed by atoms with Gasteiger partial charge in [-0.3, -0.25) is 4.79 Å². The van der Waals surface area contributed by atoms with Gasteiger partial charge in [0.15, 0.2) is 0 Å². The van der Waals surface area contributed by atoms with Gasteiger partial charge in [0.25, 0.3) is 0 Å². The van der Waals surface area contributed by atoms with E-state index in [1.165, 1.54) is 24.0 Å². The van der Waals surface area contributed by atoms with Gasteiger partial charge >= 0.3 is 5.97 Å². The molecule has 0 bridgehead atoms. The minimum Gasteiger partial charge on any atom is -0.466 e. The molecule has 5 nitrogen and oxygen atoms in total. The molecule has 0 radical (unpaired) electrons. The normalized spacial score (nSPS) is 16.9. The third kappa shape index (κ3) is 7.19. The van der Waals surface area contributed by atoms with Crippen LogP contribution in [0.3, 0.4) is 0 Å². The van der Waals surface area contributed by atoms with Crippen LogP contribution in [-0.2, 0) is 20.7 Å². The molecular weight excluding hydrogens is 354 g/mol. The molecule has 0 aromatic heterocycles. The summed E-state index contributed by atoms with van der Waals surface area (Å²) in [5.41, 5.74) is 3.48. The molecule has 2 atom stereocenters. The maximum atomic E-state index is 11.8. The molecule has 1 saturated heterocycles. The van der Waals surface area contributed by atoms with Crippen molar-refractivity contribution in [2.24, 2.45) is 0 Å². The Bertz CT molecular complexity index is 598. The van der Waals surface area contributed by atoms with Crippen LogP contribution in [0.15, 0.2) is 18.2 Å². The zero-order chi connectivity index (χ0) is 20.4. The Morgan fingerprint density at radius 3 is 2.68 bits per heavy atom. The molecular formula is C23H37NO4. The van der Waals surface area contributed by atoms with Gasteiger partial charge in [-0.05, 0) is 69.3 Å². The Balaban J connectivity index is 2.02. The van der Waals surface area contributed by atoms with Gasteiger partial charge in [-0.1, -0.05) is 31.5 Å². The van der Waals surface area contributed by atoms with Crippen molar-refractivity contribution in [2.75, 3.05) is 32.8 Å². The van der Waals surface area contributed by atoms with Crippen molar-refractivity contribution < 1.29 is 19.4 Å². The second-order valence-electron chi connectivity index (χ2n) is 7.72. The van der Waals surface area contributed by atoms with Crippen molar-refractivity contribution in [2.45, 2.75) is 71.5 Å². The second kappa shape index (κ2) is 12.2. The van der Waals surface area contributed by atoms with E-state index in [2.05, 4.69) is 30.9 Å². The fourth-order valence-corrected chi connectivity index (χ4v) is 3.96. The Morgan fingerprint density at radius 2 is 2.00 bits per heavy atom. The summed E-state index contributed by atoms with van der Waals surface area (Å²) < 4.78 is 11.3. The number of carbonyl (C=O) groups excluding carboxylic acids is 1. The van der Waals surface area contributed by atoms with E-state index in [1.54, 1.807) is 0 Å². The van der Waals surface area contributed by atoms with E-state index in [0.717, 1.165) is 31.5 Å². The molecule has 158 valence electrons. The summed E-state index contributed by atoms with van der Waals surface area (Å²) in [5.74, 6) is -0.161. The molecule has 1 aliphatic rings. The SMILES string of the molecule is CCCC(OCC(O)CN1CCCC1)c1cccc(C)c1CCC(=O)OCC. The van der Waals surface area contributed by atoms with Gasteiger partial charge in [0.05, 0.1) is 25.4 Å². The molecule has 1 aliphatic heterocycles. The van der Waals surface area contributed by atoms with E-state index >= 15 is 0 Å². The number of likely N-dealkylation sites (tertiary alicyclic amines) is 1. The maximum Gasteiger partial charge on any atom is 0.306 e. The summed E-state index contributed by atoms with van der Waals surface area (Å²) in [6.07, 6.45) is 4.84. The lowest BCUT2D eigenvalue weighted by Gasteiger charge is -2.25. The summed E-state index contributed by atoms with van der Waals surface area (Å²) in [6.45, 7) is 9.64. The molecule has 1 aromatic carbocycles. The molecule has 0 aliphatic carbocycles. The number of hydrogen-bond donors (Lipinski definition) is 1. The molecule has 1 fully saturated rings. The van der Waals surface area contributed by atoms with Crippen molar-refractivity contribution in [3.63, 3.8) is 0 Å². The standard InChI is InChI=1S/C23H37NO4/c1-4-9-22(28-17-19(25)16-24-14-6-7-15-24)21-11-8-10-18(3)20(21)12-13-23(26)27-5-2/h8,10-11,19,22,25H,4-7,9,12-17H2,1-3H3. The first-order chi connectivity index (χ1) is 13.5. The van der Waals surface area contributed by atoms with Gasteiger partial charge in [-0.2, -0.15) is 0 Å². The monoisotopic (exact) mass is 391 g/mol. The van der Waals surface area contributed by atoms with Crippen LogP contribution in [0, 0.1) is 6.92 Å².